The Labute approximate surface area is 78.6 Å². The maximum Gasteiger partial charge on any atom is 0.0105 e. The van der Waals surface area contributed by atoms with E-state index >= 15 is 0 Å². The maximum atomic E-state index is 2.42. The van der Waals surface area contributed by atoms with Gasteiger partial charge < -0.3 is 0 Å². The van der Waals surface area contributed by atoms with Gasteiger partial charge in [0.15, 0.2) is 0 Å². The predicted molar refractivity (Wildman–Crippen MR) is 55.0 cm³/mol. The second-order valence-electron chi connectivity index (χ2n) is 4.66. The molecule has 2 rings (SSSR count). The van der Waals surface area contributed by atoms with Gasteiger partial charge in [0.25, 0.3) is 0 Å². The van der Waals surface area contributed by atoms with Gasteiger partial charge in [0.1, 0.15) is 0 Å². The standard InChI is InChI=1S/C11H16S/c1-11(2,3)10-7-8-5-4-6-9(8)12-10/h7H,4-6H2,1-3H3. The molecule has 0 saturated heterocycles. The topological polar surface area (TPSA) is 0 Å². The van der Waals surface area contributed by atoms with E-state index in [-0.39, 0.29) is 0 Å². The summed E-state index contributed by atoms with van der Waals surface area (Å²) in [6.45, 7) is 6.90. The van der Waals surface area contributed by atoms with Crippen LogP contribution in [0.15, 0.2) is 6.07 Å². The summed E-state index contributed by atoms with van der Waals surface area (Å²) in [6, 6.07) is 2.42. The van der Waals surface area contributed by atoms with Gasteiger partial charge in [-0.1, -0.05) is 20.8 Å². The Bertz CT molecular complexity index is 267. The van der Waals surface area contributed by atoms with E-state index in [9.17, 15) is 0 Å². The summed E-state index contributed by atoms with van der Waals surface area (Å²) in [4.78, 5) is 3.21. The molecular weight excluding hydrogens is 164 g/mol. The highest BCUT2D eigenvalue weighted by Gasteiger charge is 2.21. The largest absolute Gasteiger partial charge is 0.145 e. The van der Waals surface area contributed by atoms with Crippen molar-refractivity contribution in [1.29, 1.82) is 0 Å². The van der Waals surface area contributed by atoms with Gasteiger partial charge in [0.05, 0.1) is 0 Å². The summed E-state index contributed by atoms with van der Waals surface area (Å²) in [5.41, 5.74) is 1.99. The average molecular weight is 180 g/mol. The summed E-state index contributed by atoms with van der Waals surface area (Å²) in [5.74, 6) is 0. The third-order valence-electron chi connectivity index (χ3n) is 2.49. The van der Waals surface area contributed by atoms with Crippen molar-refractivity contribution in [3.63, 3.8) is 0 Å². The van der Waals surface area contributed by atoms with E-state index in [1.807, 2.05) is 11.3 Å². The highest BCUT2D eigenvalue weighted by molar-refractivity contribution is 7.12. The quantitative estimate of drug-likeness (QED) is 0.573. The second-order valence-corrected chi connectivity index (χ2v) is 5.80. The van der Waals surface area contributed by atoms with Gasteiger partial charge in [0, 0.05) is 9.75 Å². The van der Waals surface area contributed by atoms with Crippen LogP contribution in [0.3, 0.4) is 0 Å². The van der Waals surface area contributed by atoms with Crippen molar-refractivity contribution < 1.29 is 0 Å². The Morgan fingerprint density at radius 2 is 2.00 bits per heavy atom. The first-order valence-corrected chi connectivity index (χ1v) is 5.51. The smallest absolute Gasteiger partial charge is 0.0105 e. The number of hydrogen-bond donors (Lipinski definition) is 0. The Balaban J connectivity index is 2.38. The minimum Gasteiger partial charge on any atom is -0.145 e. The Morgan fingerprint density at radius 1 is 1.25 bits per heavy atom. The molecule has 0 nitrogen and oxygen atoms in total. The molecule has 1 heterocycles. The lowest BCUT2D eigenvalue weighted by Crippen LogP contribution is -2.08. The van der Waals surface area contributed by atoms with Crippen LogP contribution in [-0.4, -0.2) is 0 Å². The van der Waals surface area contributed by atoms with E-state index in [0.29, 0.717) is 5.41 Å². The molecule has 66 valence electrons. The molecular formula is C11H16S. The Morgan fingerprint density at radius 3 is 2.58 bits per heavy atom. The van der Waals surface area contributed by atoms with Gasteiger partial charge in [-0.3, -0.25) is 0 Å². The molecule has 0 amide bonds. The summed E-state index contributed by atoms with van der Waals surface area (Å²) in [6.07, 6.45) is 4.03. The molecule has 0 saturated carbocycles. The van der Waals surface area contributed by atoms with Crippen molar-refractivity contribution in [2.45, 2.75) is 45.4 Å². The van der Waals surface area contributed by atoms with Crippen LogP contribution in [0.2, 0.25) is 0 Å². The molecule has 1 aliphatic carbocycles. The molecule has 0 atom stereocenters. The van der Waals surface area contributed by atoms with Crippen molar-refractivity contribution in [3.05, 3.63) is 21.4 Å². The summed E-state index contributed by atoms with van der Waals surface area (Å²) >= 11 is 2.03. The van der Waals surface area contributed by atoms with Crippen molar-refractivity contribution in [1.82, 2.24) is 0 Å². The molecule has 1 aliphatic rings. The zero-order valence-corrected chi connectivity index (χ0v) is 8.92. The van der Waals surface area contributed by atoms with E-state index in [1.54, 1.807) is 15.3 Å². The number of aryl methyl sites for hydroxylation is 2. The third-order valence-corrected chi connectivity index (χ3v) is 4.15. The molecule has 0 aliphatic heterocycles. The molecule has 1 aromatic heterocycles. The fourth-order valence-corrected chi connectivity index (χ4v) is 3.01. The van der Waals surface area contributed by atoms with E-state index in [2.05, 4.69) is 26.8 Å². The zero-order chi connectivity index (χ0) is 8.77. The fraction of sp³-hybridized carbons (Fsp3) is 0.636. The highest BCUT2D eigenvalue weighted by atomic mass is 32.1. The minimum absolute atomic E-state index is 0.356. The van der Waals surface area contributed by atoms with Gasteiger partial charge in [-0.2, -0.15) is 0 Å². The van der Waals surface area contributed by atoms with Crippen LogP contribution in [0.1, 0.15) is 42.5 Å². The fourth-order valence-electron chi connectivity index (χ4n) is 1.70. The lowest BCUT2D eigenvalue weighted by Gasteiger charge is -2.15. The second kappa shape index (κ2) is 2.59. The summed E-state index contributed by atoms with van der Waals surface area (Å²) in [5, 5.41) is 0. The first-order valence-electron chi connectivity index (χ1n) is 4.69. The molecule has 0 unspecified atom stereocenters. The predicted octanol–water partition coefficient (Wildman–Crippen LogP) is 3.53. The molecule has 0 fully saturated rings. The minimum atomic E-state index is 0.356. The molecule has 1 heteroatoms. The molecule has 12 heavy (non-hydrogen) atoms. The van der Waals surface area contributed by atoms with Crippen molar-refractivity contribution in [2.75, 3.05) is 0 Å². The molecule has 0 radical (unpaired) electrons. The normalized spacial score (nSPS) is 16.6. The van der Waals surface area contributed by atoms with Crippen LogP contribution < -0.4 is 0 Å². The monoisotopic (exact) mass is 180 g/mol. The SMILES string of the molecule is CC(C)(C)c1cc2c(s1)CCC2. The summed E-state index contributed by atoms with van der Waals surface area (Å²) in [7, 11) is 0. The number of rotatable bonds is 0. The number of hydrogen-bond acceptors (Lipinski definition) is 1. The summed E-state index contributed by atoms with van der Waals surface area (Å²) < 4.78 is 0. The van der Waals surface area contributed by atoms with E-state index in [0.717, 1.165) is 0 Å². The zero-order valence-electron chi connectivity index (χ0n) is 8.11. The van der Waals surface area contributed by atoms with Gasteiger partial charge >= 0.3 is 0 Å². The Hall–Kier alpha value is -0.300. The molecule has 0 spiro atoms. The van der Waals surface area contributed by atoms with Gasteiger partial charge in [0.2, 0.25) is 0 Å². The maximum absolute atomic E-state index is 2.42. The first-order chi connectivity index (χ1) is 5.57. The Kier molecular flexibility index (Phi) is 1.80. The molecule has 0 aromatic carbocycles. The van der Waals surface area contributed by atoms with E-state index < -0.39 is 0 Å². The number of thiophene rings is 1. The van der Waals surface area contributed by atoms with Crippen molar-refractivity contribution in [2.24, 2.45) is 0 Å². The van der Waals surface area contributed by atoms with Crippen LogP contribution in [0.25, 0.3) is 0 Å². The van der Waals surface area contributed by atoms with Gasteiger partial charge in [-0.05, 0) is 36.3 Å². The molecule has 0 bridgehead atoms. The average Bonchev–Trinajstić information content (AvgIpc) is 2.37. The van der Waals surface area contributed by atoms with Crippen LogP contribution in [-0.2, 0) is 18.3 Å². The third kappa shape index (κ3) is 1.31. The van der Waals surface area contributed by atoms with Crippen molar-refractivity contribution in [3.8, 4) is 0 Å². The van der Waals surface area contributed by atoms with Crippen LogP contribution in [0, 0.1) is 0 Å². The van der Waals surface area contributed by atoms with E-state index in [1.165, 1.54) is 19.3 Å². The lowest BCUT2D eigenvalue weighted by molar-refractivity contribution is 0.603. The van der Waals surface area contributed by atoms with E-state index in [4.69, 9.17) is 0 Å². The van der Waals surface area contributed by atoms with Crippen molar-refractivity contribution >= 4 is 11.3 Å². The first kappa shape index (κ1) is 8.31. The molecule has 0 N–H and O–H groups in total. The van der Waals surface area contributed by atoms with Crippen LogP contribution in [0.5, 0.6) is 0 Å². The van der Waals surface area contributed by atoms with Crippen LogP contribution in [0.4, 0.5) is 0 Å². The number of fused-ring (bicyclic) bond motifs is 1. The lowest BCUT2D eigenvalue weighted by atomic mass is 9.94. The van der Waals surface area contributed by atoms with Gasteiger partial charge in [-0.25, -0.2) is 0 Å². The van der Waals surface area contributed by atoms with Crippen LogP contribution >= 0.6 is 11.3 Å². The van der Waals surface area contributed by atoms with Gasteiger partial charge in [-0.15, -0.1) is 11.3 Å². The molecule has 1 aromatic rings. The highest BCUT2D eigenvalue weighted by Crippen LogP contribution is 2.36.